The molecule has 4 fully saturated rings. The van der Waals surface area contributed by atoms with Crippen LogP contribution in [0.15, 0.2) is 28.4 Å². The lowest BCUT2D eigenvalue weighted by molar-refractivity contribution is -0.149. The van der Waals surface area contributed by atoms with E-state index in [0.717, 1.165) is 18.6 Å². The maximum Gasteiger partial charge on any atom is 0.315 e. The van der Waals surface area contributed by atoms with E-state index in [9.17, 15) is 34.5 Å². The van der Waals surface area contributed by atoms with Gasteiger partial charge in [-0.05, 0) is 12.8 Å². The summed E-state index contributed by atoms with van der Waals surface area (Å²) in [5, 5.41) is 48.3. The number of anilines is 2. The number of urea groups is 1. The van der Waals surface area contributed by atoms with Crippen LogP contribution in [-0.4, -0.2) is 142 Å². The van der Waals surface area contributed by atoms with Crippen LogP contribution < -0.4 is 33.2 Å². The maximum absolute atomic E-state index is 13.0. The van der Waals surface area contributed by atoms with Crippen molar-refractivity contribution in [2.24, 2.45) is 0 Å². The van der Waals surface area contributed by atoms with Gasteiger partial charge in [-0.3, -0.25) is 33.5 Å². The van der Waals surface area contributed by atoms with Gasteiger partial charge in [-0.2, -0.15) is 21.7 Å². The third-order valence-electron chi connectivity index (χ3n) is 10.9. The van der Waals surface area contributed by atoms with Crippen LogP contribution in [0, 0.1) is 0 Å². The fourth-order valence-electron chi connectivity index (χ4n) is 8.07. The van der Waals surface area contributed by atoms with Gasteiger partial charge >= 0.3 is 12.0 Å². The predicted octanol–water partition coefficient (Wildman–Crippen LogP) is -3.06. The molecule has 9 heterocycles. The van der Waals surface area contributed by atoms with Crippen LogP contribution in [0.4, 0.5) is 16.7 Å². The summed E-state index contributed by atoms with van der Waals surface area (Å²) in [6.07, 6.45) is -2.35. The molecule has 308 valence electrons. The highest BCUT2D eigenvalue weighted by molar-refractivity contribution is 8.00. The summed E-state index contributed by atoms with van der Waals surface area (Å²) >= 11 is 1.80. The molecule has 26 heteroatoms. The third kappa shape index (κ3) is 6.79. The number of aliphatic hydroxyl groups is 3. The number of nitrogen functional groups attached to an aromatic ring is 2. The number of unbranched alkanes of at least 4 members (excludes halogenated alkanes) is 1. The van der Waals surface area contributed by atoms with E-state index in [1.165, 1.54) is 32.7 Å². The van der Waals surface area contributed by atoms with Crippen molar-refractivity contribution in [3.05, 3.63) is 45.3 Å². The molecule has 0 spiro atoms. The molecule has 5 aromatic heterocycles. The molecule has 9 rings (SSSR count). The largest absolute Gasteiger partial charge is 0.463 e. The number of carbonyl (C=O) groups excluding carboxylic acids is 2. The minimum Gasteiger partial charge on any atom is -0.463 e. The lowest BCUT2D eigenvalue weighted by Crippen LogP contribution is -2.36. The number of H-pyrrole nitrogens is 2. The number of rotatable bonds is 12. The zero-order chi connectivity index (χ0) is 40.4. The summed E-state index contributed by atoms with van der Waals surface area (Å²) in [5.74, 6) is 0.0197. The Morgan fingerprint density at radius 1 is 0.897 bits per heavy atom. The molecular formula is C32H39N15O10S. The lowest BCUT2D eigenvalue weighted by atomic mass is 10.0. The molecule has 0 aliphatic carbocycles. The first kappa shape index (κ1) is 37.9. The number of nitrogens with one attached hydrogen (secondary N) is 4. The predicted molar refractivity (Wildman–Crippen MR) is 199 cm³/mol. The number of hydrogen-bond acceptors (Lipinski definition) is 19. The first-order chi connectivity index (χ1) is 27.9. The highest BCUT2D eigenvalue weighted by Gasteiger charge is 2.49. The average Bonchev–Trinajstić information content (AvgIpc) is 4.05. The summed E-state index contributed by atoms with van der Waals surface area (Å²) in [6.45, 7) is -0.284. The Balaban J connectivity index is 0.893. The number of ether oxygens (including phenoxy) is 3. The Bertz CT molecular complexity index is 2490. The number of amides is 2. The first-order valence-corrected chi connectivity index (χ1v) is 19.5. The average molecular weight is 826 g/mol. The maximum atomic E-state index is 13.0. The Labute approximate surface area is 328 Å². The Morgan fingerprint density at radius 3 is 2.24 bits per heavy atom. The molecule has 0 aromatic carbocycles. The summed E-state index contributed by atoms with van der Waals surface area (Å²) in [5.41, 5.74) is 10.7. The van der Waals surface area contributed by atoms with E-state index in [1.807, 2.05) is 0 Å². The second kappa shape index (κ2) is 14.9. The number of thioether (sulfide) groups is 1. The number of aromatic nitrogens is 11. The molecule has 4 aliphatic heterocycles. The molecule has 0 unspecified atom stereocenters. The van der Waals surface area contributed by atoms with E-state index in [4.69, 9.17) is 25.7 Å². The third-order valence-corrected chi connectivity index (χ3v) is 12.4. The molecule has 11 atom stereocenters. The highest BCUT2D eigenvalue weighted by Crippen LogP contribution is 2.39. The number of carbonyl (C=O) groups is 2. The molecule has 25 nitrogen and oxygen atoms in total. The van der Waals surface area contributed by atoms with Gasteiger partial charge in [-0.1, -0.05) is 11.6 Å². The quantitative estimate of drug-likeness (QED) is 0.0342. The second-order valence-electron chi connectivity index (χ2n) is 14.6. The van der Waals surface area contributed by atoms with Gasteiger partial charge in [0.25, 0.3) is 11.1 Å². The van der Waals surface area contributed by atoms with Crippen molar-refractivity contribution >= 4 is 58.0 Å². The first-order valence-electron chi connectivity index (χ1n) is 18.5. The Kier molecular flexibility index (Phi) is 9.75. The van der Waals surface area contributed by atoms with Crippen molar-refractivity contribution < 1.29 is 39.1 Å². The normalized spacial score (nSPS) is 30.6. The topological polar surface area (TPSA) is 356 Å². The van der Waals surface area contributed by atoms with Crippen LogP contribution in [0.5, 0.6) is 0 Å². The molecule has 0 bridgehead atoms. The number of nitrogens with two attached hydrogens (primary N) is 2. The van der Waals surface area contributed by atoms with Crippen molar-refractivity contribution in [2.75, 3.05) is 23.8 Å². The van der Waals surface area contributed by atoms with E-state index in [1.54, 1.807) is 11.8 Å². The van der Waals surface area contributed by atoms with Crippen molar-refractivity contribution in [3.63, 3.8) is 0 Å². The van der Waals surface area contributed by atoms with Crippen LogP contribution in [-0.2, 0) is 25.4 Å². The van der Waals surface area contributed by atoms with E-state index >= 15 is 0 Å². The second-order valence-corrected chi connectivity index (χ2v) is 15.9. The Morgan fingerprint density at radius 2 is 1.55 bits per heavy atom. The number of esters is 1. The molecule has 11 N–H and O–H groups in total. The van der Waals surface area contributed by atoms with Crippen molar-refractivity contribution in [1.29, 1.82) is 0 Å². The van der Waals surface area contributed by atoms with Gasteiger partial charge in [0, 0.05) is 30.0 Å². The number of imidazole rings is 2. The minimum absolute atomic E-state index is 0.0350. The molecule has 0 saturated carbocycles. The molecule has 5 aromatic rings. The molecule has 2 amide bonds. The minimum atomic E-state index is -1.45. The zero-order valence-electron chi connectivity index (χ0n) is 30.3. The monoisotopic (exact) mass is 825 g/mol. The molecule has 58 heavy (non-hydrogen) atoms. The Hall–Kier alpha value is -5.67. The van der Waals surface area contributed by atoms with E-state index in [2.05, 4.69) is 50.8 Å². The van der Waals surface area contributed by atoms with Crippen LogP contribution in [0.3, 0.4) is 0 Å². The molecule has 4 saturated heterocycles. The van der Waals surface area contributed by atoms with Crippen LogP contribution in [0.25, 0.3) is 22.3 Å². The van der Waals surface area contributed by atoms with Gasteiger partial charge in [0.2, 0.25) is 11.9 Å². The van der Waals surface area contributed by atoms with E-state index in [-0.39, 0.29) is 77.0 Å². The van der Waals surface area contributed by atoms with Gasteiger partial charge in [0.1, 0.15) is 37.1 Å². The SMILES string of the molecule is Nc1nc2c(ncn2[C@@H]2O[C@H](Cc3cn([C@@H]4[C@@H](O)[C@H](n5cnc6c(=O)[nH]c(N)nc65)O[C@@H]4COC(=O)CCCC[C@@H]4SC[C@@H]5NC(=O)N[C@@H]54)nn3)[C@H](O)[C@H]2O)c(=O)[nH]1. The molecule has 0 radical (unpaired) electrons. The van der Waals surface area contributed by atoms with Crippen LogP contribution >= 0.6 is 11.8 Å². The van der Waals surface area contributed by atoms with Crippen molar-refractivity contribution in [3.8, 4) is 0 Å². The smallest absolute Gasteiger partial charge is 0.315 e. The lowest BCUT2D eigenvalue weighted by Gasteiger charge is -2.20. The number of fused-ring (bicyclic) bond motifs is 3. The summed E-state index contributed by atoms with van der Waals surface area (Å²) in [6, 6.07) is -0.964. The standard InChI is InChI=1S/C32H39N15O10S/c33-30-39-24-18(26(52)41-30)35-9-45(24)28-22(50)20(14(57-28)7-55-16(48)4-2-1-3-15-17-12(8-58-15)37-32(54)38-17)47-6-11(43-44-47)5-13-21(49)23(51)29(56-13)46-10-36-19-25(46)40-31(34)42-27(19)53/h6,9-10,12-15,17,20-23,28-29,49-51H,1-5,7-8H2,(H2,37,38,54)(H3,33,39,41,52)(H3,34,40,42,53)/t12-,13+,14+,15-,17-,20-,21-,22+,23+,28+,29+/m0/s1. The number of aliphatic hydroxyl groups excluding tert-OH is 3. The number of aromatic amines is 2. The van der Waals surface area contributed by atoms with Gasteiger partial charge < -0.3 is 51.6 Å². The van der Waals surface area contributed by atoms with Crippen molar-refractivity contribution in [1.82, 2.24) is 64.7 Å². The number of hydrogen-bond donors (Lipinski definition) is 9. The van der Waals surface area contributed by atoms with E-state index < -0.39 is 66.1 Å². The number of nitrogens with zero attached hydrogens (tertiary/aromatic N) is 9. The summed E-state index contributed by atoms with van der Waals surface area (Å²) < 4.78 is 22.0. The summed E-state index contributed by atoms with van der Waals surface area (Å²) in [4.78, 5) is 70.7. The van der Waals surface area contributed by atoms with E-state index in [0.29, 0.717) is 12.1 Å². The van der Waals surface area contributed by atoms with Gasteiger partial charge in [0.15, 0.2) is 34.8 Å². The van der Waals surface area contributed by atoms with Gasteiger partial charge in [-0.15, -0.1) is 5.10 Å². The zero-order valence-corrected chi connectivity index (χ0v) is 31.1. The molecule has 4 aliphatic rings. The van der Waals surface area contributed by atoms with Gasteiger partial charge in [0.05, 0.1) is 36.5 Å². The summed E-state index contributed by atoms with van der Waals surface area (Å²) in [7, 11) is 0. The van der Waals surface area contributed by atoms with Crippen molar-refractivity contribution in [2.45, 2.75) is 98.5 Å². The molecular weight excluding hydrogens is 787 g/mol. The van der Waals surface area contributed by atoms with Crippen LogP contribution in [0.1, 0.15) is 49.9 Å². The fraction of sp³-hybridized carbons (Fsp3) is 0.562. The van der Waals surface area contributed by atoms with Gasteiger partial charge in [-0.25, -0.2) is 19.4 Å². The fourth-order valence-corrected chi connectivity index (χ4v) is 9.62. The highest BCUT2D eigenvalue weighted by atomic mass is 32.2. The van der Waals surface area contributed by atoms with Crippen LogP contribution in [0.2, 0.25) is 0 Å².